The normalized spacial score (nSPS) is 18.8. The van der Waals surface area contributed by atoms with Gasteiger partial charge in [0.05, 0.1) is 12.6 Å². The largest absolute Gasteiger partial charge is 0.355 e. The Labute approximate surface area is 112 Å². The number of hydrogen-bond donors (Lipinski definition) is 3. The Morgan fingerprint density at radius 1 is 1.42 bits per heavy atom. The molecule has 3 N–H and O–H groups in total. The number of hydrogen-bond acceptors (Lipinski definition) is 3. The van der Waals surface area contributed by atoms with Crippen LogP contribution in [0.25, 0.3) is 0 Å². The van der Waals surface area contributed by atoms with Crippen LogP contribution >= 0.6 is 0 Å². The fourth-order valence-corrected chi connectivity index (χ4v) is 2.09. The van der Waals surface area contributed by atoms with Crippen LogP contribution < -0.4 is 16.0 Å². The third-order valence-electron chi connectivity index (χ3n) is 3.21. The molecular formula is C14H19N3O2. The lowest BCUT2D eigenvalue weighted by Crippen LogP contribution is -2.50. The van der Waals surface area contributed by atoms with Crippen molar-refractivity contribution >= 4 is 17.5 Å². The molecule has 1 unspecified atom stereocenters. The molecule has 1 aromatic carbocycles. The van der Waals surface area contributed by atoms with Gasteiger partial charge in [-0.05, 0) is 31.4 Å². The molecule has 5 nitrogen and oxygen atoms in total. The number of para-hydroxylation sites is 1. The molecule has 2 amide bonds. The van der Waals surface area contributed by atoms with Gasteiger partial charge in [0.2, 0.25) is 11.8 Å². The number of piperidine rings is 1. The maximum Gasteiger partial charge on any atom is 0.238 e. The van der Waals surface area contributed by atoms with Crippen molar-refractivity contribution in [1.82, 2.24) is 10.6 Å². The number of carbonyl (C=O) groups is 2. The van der Waals surface area contributed by atoms with E-state index in [0.29, 0.717) is 0 Å². The first-order valence-corrected chi connectivity index (χ1v) is 6.53. The van der Waals surface area contributed by atoms with Gasteiger partial charge in [-0.25, -0.2) is 0 Å². The molecule has 0 saturated carbocycles. The number of rotatable bonds is 4. The number of nitrogens with one attached hydrogen (secondary N) is 3. The van der Waals surface area contributed by atoms with Crippen molar-refractivity contribution in [1.29, 1.82) is 0 Å². The van der Waals surface area contributed by atoms with E-state index in [1.54, 1.807) is 0 Å². The smallest absolute Gasteiger partial charge is 0.238 e. The molecule has 102 valence electrons. The Morgan fingerprint density at radius 3 is 2.95 bits per heavy atom. The first kappa shape index (κ1) is 13.5. The average Bonchev–Trinajstić information content (AvgIpc) is 2.40. The van der Waals surface area contributed by atoms with E-state index >= 15 is 0 Å². The molecule has 1 aliphatic rings. The number of aryl methyl sites for hydroxylation is 1. The van der Waals surface area contributed by atoms with Crippen LogP contribution in [0.15, 0.2) is 24.3 Å². The van der Waals surface area contributed by atoms with Gasteiger partial charge in [0.1, 0.15) is 0 Å². The highest BCUT2D eigenvalue weighted by molar-refractivity contribution is 5.93. The molecule has 1 heterocycles. The summed E-state index contributed by atoms with van der Waals surface area (Å²) in [6.07, 6.45) is 1.73. The van der Waals surface area contributed by atoms with E-state index in [4.69, 9.17) is 0 Å². The van der Waals surface area contributed by atoms with E-state index in [1.807, 2.05) is 31.2 Å². The van der Waals surface area contributed by atoms with Crippen LogP contribution in [0.2, 0.25) is 0 Å². The molecule has 1 aliphatic heterocycles. The van der Waals surface area contributed by atoms with E-state index in [2.05, 4.69) is 16.0 Å². The zero-order valence-electron chi connectivity index (χ0n) is 11.0. The summed E-state index contributed by atoms with van der Waals surface area (Å²) in [7, 11) is 0. The van der Waals surface area contributed by atoms with Crippen molar-refractivity contribution < 1.29 is 9.59 Å². The SMILES string of the molecule is Cc1ccccc1NC(=O)CNC1CCCNC1=O. The molecule has 1 fully saturated rings. The molecule has 0 radical (unpaired) electrons. The number of anilines is 1. The van der Waals surface area contributed by atoms with Crippen molar-refractivity contribution in [3.63, 3.8) is 0 Å². The van der Waals surface area contributed by atoms with Crippen molar-refractivity contribution in [2.24, 2.45) is 0 Å². The average molecular weight is 261 g/mol. The predicted octanol–water partition coefficient (Wildman–Crippen LogP) is 0.802. The monoisotopic (exact) mass is 261 g/mol. The Balaban J connectivity index is 1.81. The Hall–Kier alpha value is -1.88. The molecule has 0 aromatic heterocycles. The van der Waals surface area contributed by atoms with Gasteiger partial charge in [0.25, 0.3) is 0 Å². The number of amides is 2. The molecule has 19 heavy (non-hydrogen) atoms. The lowest BCUT2D eigenvalue weighted by molar-refractivity contribution is -0.124. The number of carbonyl (C=O) groups excluding carboxylic acids is 2. The second-order valence-electron chi connectivity index (χ2n) is 4.73. The zero-order chi connectivity index (χ0) is 13.7. The number of benzene rings is 1. The topological polar surface area (TPSA) is 70.2 Å². The van der Waals surface area contributed by atoms with E-state index < -0.39 is 0 Å². The van der Waals surface area contributed by atoms with Gasteiger partial charge >= 0.3 is 0 Å². The summed E-state index contributed by atoms with van der Waals surface area (Å²) in [5.41, 5.74) is 1.83. The molecule has 1 saturated heterocycles. The lowest BCUT2D eigenvalue weighted by atomic mass is 10.1. The molecule has 2 rings (SSSR count). The fraction of sp³-hybridized carbons (Fsp3) is 0.429. The second-order valence-corrected chi connectivity index (χ2v) is 4.73. The quantitative estimate of drug-likeness (QED) is 0.751. The highest BCUT2D eigenvalue weighted by Crippen LogP contribution is 2.12. The summed E-state index contributed by atoms with van der Waals surface area (Å²) in [5, 5.41) is 8.60. The maximum atomic E-state index is 11.8. The van der Waals surface area contributed by atoms with Crippen LogP contribution in [0.5, 0.6) is 0 Å². The molecule has 0 spiro atoms. The van der Waals surface area contributed by atoms with Gasteiger partial charge < -0.3 is 10.6 Å². The van der Waals surface area contributed by atoms with Gasteiger partial charge in [-0.15, -0.1) is 0 Å². The van der Waals surface area contributed by atoms with Gasteiger partial charge in [-0.3, -0.25) is 14.9 Å². The summed E-state index contributed by atoms with van der Waals surface area (Å²) in [6, 6.07) is 7.36. The Morgan fingerprint density at radius 2 is 2.21 bits per heavy atom. The van der Waals surface area contributed by atoms with Crippen LogP contribution in [-0.4, -0.2) is 30.9 Å². The highest BCUT2D eigenvalue weighted by Gasteiger charge is 2.21. The van der Waals surface area contributed by atoms with Crippen molar-refractivity contribution in [3.8, 4) is 0 Å². The fourth-order valence-electron chi connectivity index (χ4n) is 2.09. The third kappa shape index (κ3) is 3.79. The summed E-state index contributed by atoms with van der Waals surface area (Å²) < 4.78 is 0. The van der Waals surface area contributed by atoms with Gasteiger partial charge in [0.15, 0.2) is 0 Å². The van der Waals surface area contributed by atoms with Gasteiger partial charge in [-0.1, -0.05) is 18.2 Å². The Bertz CT molecular complexity index is 474. The van der Waals surface area contributed by atoms with E-state index in [9.17, 15) is 9.59 Å². The predicted molar refractivity (Wildman–Crippen MR) is 73.8 cm³/mol. The van der Waals surface area contributed by atoms with Crippen LogP contribution in [0, 0.1) is 6.92 Å². The lowest BCUT2D eigenvalue weighted by Gasteiger charge is -2.22. The summed E-state index contributed by atoms with van der Waals surface area (Å²) in [4.78, 5) is 23.3. The van der Waals surface area contributed by atoms with Crippen molar-refractivity contribution in [2.75, 3.05) is 18.4 Å². The molecule has 5 heteroatoms. The molecule has 1 atom stereocenters. The molecule has 0 bridgehead atoms. The maximum absolute atomic E-state index is 11.8. The van der Waals surface area contributed by atoms with E-state index in [1.165, 1.54) is 0 Å². The van der Waals surface area contributed by atoms with Crippen LogP contribution in [-0.2, 0) is 9.59 Å². The van der Waals surface area contributed by atoms with Gasteiger partial charge in [0, 0.05) is 12.2 Å². The minimum atomic E-state index is -0.253. The van der Waals surface area contributed by atoms with Crippen molar-refractivity contribution in [3.05, 3.63) is 29.8 Å². The van der Waals surface area contributed by atoms with Crippen molar-refractivity contribution in [2.45, 2.75) is 25.8 Å². The molecular weight excluding hydrogens is 242 g/mol. The van der Waals surface area contributed by atoms with E-state index in [0.717, 1.165) is 30.6 Å². The molecule has 1 aromatic rings. The Kier molecular flexibility index (Phi) is 4.52. The second kappa shape index (κ2) is 6.33. The third-order valence-corrected chi connectivity index (χ3v) is 3.21. The van der Waals surface area contributed by atoms with Gasteiger partial charge in [-0.2, -0.15) is 0 Å². The summed E-state index contributed by atoms with van der Waals surface area (Å²) >= 11 is 0. The standard InChI is InChI=1S/C14H19N3O2/c1-10-5-2-3-6-11(10)17-13(18)9-16-12-7-4-8-15-14(12)19/h2-3,5-6,12,16H,4,7-9H2,1H3,(H,15,19)(H,17,18). The van der Waals surface area contributed by atoms with E-state index in [-0.39, 0.29) is 24.4 Å². The van der Waals surface area contributed by atoms with Crippen LogP contribution in [0.3, 0.4) is 0 Å². The first-order valence-electron chi connectivity index (χ1n) is 6.53. The van der Waals surface area contributed by atoms with Crippen LogP contribution in [0.4, 0.5) is 5.69 Å². The first-order chi connectivity index (χ1) is 9.16. The van der Waals surface area contributed by atoms with Crippen LogP contribution in [0.1, 0.15) is 18.4 Å². The summed E-state index contributed by atoms with van der Waals surface area (Å²) in [5.74, 6) is -0.150. The zero-order valence-corrected chi connectivity index (χ0v) is 11.0. The minimum absolute atomic E-state index is 0.0186. The highest BCUT2D eigenvalue weighted by atomic mass is 16.2. The summed E-state index contributed by atoms with van der Waals surface area (Å²) in [6.45, 7) is 2.82. The minimum Gasteiger partial charge on any atom is -0.355 e. The molecule has 0 aliphatic carbocycles.